The van der Waals surface area contributed by atoms with E-state index in [-0.39, 0.29) is 30.5 Å². The Hall–Kier alpha value is -1.30. The Bertz CT molecular complexity index is 668. The number of benzene rings is 1. The van der Waals surface area contributed by atoms with Crippen molar-refractivity contribution >= 4 is 40.8 Å². The molecule has 3 atom stereocenters. The third-order valence-corrected chi connectivity index (χ3v) is 5.79. The molecule has 7 heteroatoms. The largest absolute Gasteiger partial charge is 0.468 e. The van der Waals surface area contributed by atoms with Gasteiger partial charge in [0, 0.05) is 11.1 Å². The molecule has 0 bridgehead atoms. The quantitative estimate of drug-likeness (QED) is 0.803. The minimum atomic E-state index is -0.348. The van der Waals surface area contributed by atoms with E-state index in [0.717, 1.165) is 25.7 Å². The van der Waals surface area contributed by atoms with Gasteiger partial charge in [-0.3, -0.25) is 14.5 Å². The number of rotatable bonds is 4. The summed E-state index contributed by atoms with van der Waals surface area (Å²) in [6.07, 6.45) is 5.21. The molecule has 2 fully saturated rings. The molecule has 1 saturated carbocycles. The zero-order valence-electron chi connectivity index (χ0n) is 14.1. The number of esters is 1. The topological polar surface area (TPSA) is 58.6 Å². The van der Waals surface area contributed by atoms with Crippen molar-refractivity contribution in [2.24, 2.45) is 5.92 Å². The van der Waals surface area contributed by atoms with Gasteiger partial charge in [-0.25, -0.2) is 0 Å². The number of hydrogen-bond acceptors (Lipinski definition) is 4. The lowest BCUT2D eigenvalue weighted by atomic mass is 9.85. The van der Waals surface area contributed by atoms with Crippen LogP contribution >= 0.6 is 23.2 Å². The normalized spacial score (nSPS) is 26.1. The molecular weight excluding hydrogens is 363 g/mol. The van der Waals surface area contributed by atoms with Gasteiger partial charge in [0.2, 0.25) is 5.91 Å². The Morgan fingerprint density at radius 2 is 2.04 bits per heavy atom. The molecule has 1 aromatic rings. The molecule has 0 aromatic heterocycles. The van der Waals surface area contributed by atoms with E-state index in [1.54, 1.807) is 18.2 Å². The van der Waals surface area contributed by atoms with Crippen LogP contribution in [0.4, 0.5) is 5.69 Å². The van der Waals surface area contributed by atoms with Gasteiger partial charge in [0.1, 0.15) is 6.04 Å². The SMILES string of the molecule is COC(=O)C1CC2CCCCC2N1CC(=O)Nc1cc(Cl)ccc1Cl. The predicted molar refractivity (Wildman–Crippen MR) is 98.0 cm³/mol. The highest BCUT2D eigenvalue weighted by molar-refractivity contribution is 6.35. The number of methoxy groups -OCH3 is 1. The van der Waals surface area contributed by atoms with Crippen LogP contribution in [-0.4, -0.2) is 42.5 Å². The number of amides is 1. The van der Waals surface area contributed by atoms with Crippen LogP contribution in [0.1, 0.15) is 32.1 Å². The van der Waals surface area contributed by atoms with Crippen LogP contribution in [0.15, 0.2) is 18.2 Å². The van der Waals surface area contributed by atoms with Crippen molar-refractivity contribution in [3.63, 3.8) is 0 Å². The summed E-state index contributed by atoms with van der Waals surface area (Å²) in [4.78, 5) is 26.7. The van der Waals surface area contributed by atoms with Crippen molar-refractivity contribution in [3.05, 3.63) is 28.2 Å². The first kappa shape index (κ1) is 18.5. The number of carbonyl (C=O) groups excluding carboxylic acids is 2. The summed E-state index contributed by atoms with van der Waals surface area (Å²) in [5.41, 5.74) is 0.480. The van der Waals surface area contributed by atoms with Crippen LogP contribution in [0.5, 0.6) is 0 Å². The first-order valence-corrected chi connectivity index (χ1v) is 9.33. The number of hydrogen-bond donors (Lipinski definition) is 1. The van der Waals surface area contributed by atoms with Crippen LogP contribution < -0.4 is 5.32 Å². The molecular formula is C18H22Cl2N2O3. The molecule has 3 unspecified atom stereocenters. The van der Waals surface area contributed by atoms with Crippen LogP contribution in [-0.2, 0) is 14.3 Å². The highest BCUT2D eigenvalue weighted by atomic mass is 35.5. The van der Waals surface area contributed by atoms with E-state index in [1.807, 2.05) is 4.90 Å². The molecule has 1 aromatic carbocycles. The van der Waals surface area contributed by atoms with Gasteiger partial charge in [-0.2, -0.15) is 0 Å². The Morgan fingerprint density at radius 1 is 1.28 bits per heavy atom. The van der Waals surface area contributed by atoms with Gasteiger partial charge < -0.3 is 10.1 Å². The van der Waals surface area contributed by atoms with Crippen molar-refractivity contribution < 1.29 is 14.3 Å². The molecule has 0 radical (unpaired) electrons. The average Bonchev–Trinajstić information content (AvgIpc) is 2.96. The molecule has 3 rings (SSSR count). The second-order valence-corrected chi connectivity index (χ2v) is 7.57. The Balaban J connectivity index is 1.72. The molecule has 1 aliphatic carbocycles. The molecule has 1 heterocycles. The summed E-state index contributed by atoms with van der Waals surface area (Å²) in [6, 6.07) is 4.84. The lowest BCUT2D eigenvalue weighted by Gasteiger charge is -2.32. The molecule has 2 aliphatic rings. The number of nitrogens with one attached hydrogen (secondary N) is 1. The van der Waals surface area contributed by atoms with Crippen LogP contribution in [0, 0.1) is 5.92 Å². The fourth-order valence-corrected chi connectivity index (χ4v) is 4.43. The van der Waals surface area contributed by atoms with E-state index in [2.05, 4.69) is 5.32 Å². The Morgan fingerprint density at radius 3 is 2.80 bits per heavy atom. The van der Waals surface area contributed by atoms with E-state index in [4.69, 9.17) is 27.9 Å². The number of likely N-dealkylation sites (tertiary alicyclic amines) is 1. The van der Waals surface area contributed by atoms with Gasteiger partial charge in [0.05, 0.1) is 24.4 Å². The third-order valence-electron chi connectivity index (χ3n) is 5.22. The standard InChI is InChI=1S/C18H22Cl2N2O3/c1-25-18(24)16-8-11-4-2-3-5-15(11)22(16)10-17(23)21-14-9-12(19)6-7-13(14)20/h6-7,9,11,15-16H,2-5,8,10H2,1H3,(H,21,23). The highest BCUT2D eigenvalue weighted by Crippen LogP contribution is 2.40. The fraction of sp³-hybridized carbons (Fsp3) is 0.556. The van der Waals surface area contributed by atoms with Crippen molar-refractivity contribution in [1.82, 2.24) is 4.90 Å². The zero-order chi connectivity index (χ0) is 18.0. The summed E-state index contributed by atoms with van der Waals surface area (Å²) in [6.45, 7) is 0.143. The maximum atomic E-state index is 12.6. The van der Waals surface area contributed by atoms with Crippen LogP contribution in [0.2, 0.25) is 10.0 Å². The van der Waals surface area contributed by atoms with Gasteiger partial charge in [-0.15, -0.1) is 0 Å². The summed E-state index contributed by atoms with van der Waals surface area (Å²) >= 11 is 12.1. The average molecular weight is 385 g/mol. The van der Waals surface area contributed by atoms with Gasteiger partial charge in [0.25, 0.3) is 0 Å². The van der Waals surface area contributed by atoms with Gasteiger partial charge in [0.15, 0.2) is 0 Å². The summed E-state index contributed by atoms with van der Waals surface area (Å²) in [7, 11) is 1.40. The van der Waals surface area contributed by atoms with Crippen molar-refractivity contribution in [3.8, 4) is 0 Å². The van der Waals surface area contributed by atoms with Crippen molar-refractivity contribution in [2.75, 3.05) is 19.0 Å². The highest BCUT2D eigenvalue weighted by Gasteiger charge is 2.46. The molecule has 0 spiro atoms. The maximum Gasteiger partial charge on any atom is 0.323 e. The van der Waals surface area contributed by atoms with Crippen molar-refractivity contribution in [1.29, 1.82) is 0 Å². The van der Waals surface area contributed by atoms with E-state index < -0.39 is 0 Å². The zero-order valence-corrected chi connectivity index (χ0v) is 15.6. The van der Waals surface area contributed by atoms with E-state index in [1.165, 1.54) is 13.5 Å². The van der Waals surface area contributed by atoms with E-state index in [9.17, 15) is 9.59 Å². The molecule has 1 saturated heterocycles. The van der Waals surface area contributed by atoms with Gasteiger partial charge in [-0.1, -0.05) is 36.0 Å². The Labute approximate surface area is 157 Å². The molecule has 5 nitrogen and oxygen atoms in total. The number of fused-ring (bicyclic) bond motifs is 1. The maximum absolute atomic E-state index is 12.6. The predicted octanol–water partition coefficient (Wildman–Crippen LogP) is 3.74. The van der Waals surface area contributed by atoms with Crippen LogP contribution in [0.25, 0.3) is 0 Å². The minimum Gasteiger partial charge on any atom is -0.468 e. The molecule has 1 amide bonds. The second-order valence-electron chi connectivity index (χ2n) is 6.73. The Kier molecular flexibility index (Phi) is 5.87. The molecule has 1 aliphatic heterocycles. The number of ether oxygens (including phenoxy) is 1. The number of carbonyl (C=O) groups is 2. The summed E-state index contributed by atoms with van der Waals surface area (Å²) in [5, 5.41) is 3.73. The third kappa shape index (κ3) is 4.10. The van der Waals surface area contributed by atoms with E-state index >= 15 is 0 Å². The van der Waals surface area contributed by atoms with Gasteiger partial charge >= 0.3 is 5.97 Å². The number of anilines is 1. The number of nitrogens with zero attached hydrogens (tertiary/aromatic N) is 1. The first-order valence-electron chi connectivity index (χ1n) is 8.58. The monoisotopic (exact) mass is 384 g/mol. The lowest BCUT2D eigenvalue weighted by molar-refractivity contribution is -0.146. The van der Waals surface area contributed by atoms with Gasteiger partial charge in [-0.05, 0) is 43.4 Å². The lowest BCUT2D eigenvalue weighted by Crippen LogP contribution is -2.46. The fourth-order valence-electron chi connectivity index (χ4n) is 4.10. The van der Waals surface area contributed by atoms with Crippen LogP contribution in [0.3, 0.4) is 0 Å². The molecule has 1 N–H and O–H groups in total. The van der Waals surface area contributed by atoms with Crippen molar-refractivity contribution in [2.45, 2.75) is 44.2 Å². The molecule has 25 heavy (non-hydrogen) atoms. The first-order chi connectivity index (χ1) is 12.0. The minimum absolute atomic E-state index is 0.143. The molecule has 136 valence electrons. The second kappa shape index (κ2) is 7.94. The smallest absolute Gasteiger partial charge is 0.323 e. The van der Waals surface area contributed by atoms with E-state index in [0.29, 0.717) is 21.7 Å². The summed E-state index contributed by atoms with van der Waals surface area (Å²) in [5.74, 6) is -0.00677. The summed E-state index contributed by atoms with van der Waals surface area (Å²) < 4.78 is 4.95. The number of halogens is 2.